The largest absolute Gasteiger partial charge is 0.444 e. The second kappa shape index (κ2) is 16.2. The van der Waals surface area contributed by atoms with Gasteiger partial charge in [-0.2, -0.15) is 0 Å². The molecule has 1 saturated heterocycles. The number of rotatable bonds is 11. The number of ether oxygens (including phenoxy) is 2. The van der Waals surface area contributed by atoms with Crippen LogP contribution in [0.4, 0.5) is 26.7 Å². The third-order valence-corrected chi connectivity index (χ3v) is 7.52. The Morgan fingerprint density at radius 1 is 0.870 bits per heavy atom. The molecule has 3 N–H and O–H groups in total. The number of hydrogen-bond donors (Lipinski definition) is 3. The molecule has 0 bridgehead atoms. The lowest BCUT2D eigenvalue weighted by atomic mass is 10.0. The summed E-state index contributed by atoms with van der Waals surface area (Å²) in [6, 6.07) is 21.9. The highest BCUT2D eigenvalue weighted by Crippen LogP contribution is 2.23. The van der Waals surface area contributed by atoms with Crippen LogP contribution in [0.15, 0.2) is 72.8 Å². The average molecular weight is 630 g/mol. The van der Waals surface area contributed by atoms with Gasteiger partial charge in [0.05, 0.1) is 24.6 Å². The van der Waals surface area contributed by atoms with Crippen LogP contribution in [0, 0.1) is 0 Å². The minimum atomic E-state index is -0.651. The third kappa shape index (κ3) is 10.9. The van der Waals surface area contributed by atoms with Gasteiger partial charge in [-0.3, -0.25) is 15.0 Å². The lowest BCUT2D eigenvalue weighted by Crippen LogP contribution is -2.40. The zero-order valence-electron chi connectivity index (χ0n) is 27.6. The van der Waals surface area contributed by atoms with Gasteiger partial charge in [-0.15, -0.1) is 0 Å². The molecule has 10 nitrogen and oxygen atoms in total. The van der Waals surface area contributed by atoms with E-state index < -0.39 is 11.7 Å². The molecule has 3 aromatic carbocycles. The first-order chi connectivity index (χ1) is 22.0. The van der Waals surface area contributed by atoms with Crippen LogP contribution in [-0.2, 0) is 16.0 Å². The molecule has 0 radical (unpaired) electrons. The van der Waals surface area contributed by atoms with Crippen molar-refractivity contribution in [2.45, 2.75) is 59.1 Å². The van der Waals surface area contributed by atoms with Gasteiger partial charge in [0, 0.05) is 44.0 Å². The van der Waals surface area contributed by atoms with Crippen molar-refractivity contribution in [3.05, 3.63) is 89.5 Å². The normalized spacial score (nSPS) is 13.6. The number of carbonyl (C=O) groups is 3. The predicted octanol–water partition coefficient (Wildman–Crippen LogP) is 7.17. The number of nitrogens with one attached hydrogen (secondary N) is 3. The molecule has 0 aromatic heterocycles. The Hall–Kier alpha value is -4.41. The summed E-state index contributed by atoms with van der Waals surface area (Å²) < 4.78 is 10.8. The lowest BCUT2D eigenvalue weighted by Gasteiger charge is -2.28. The van der Waals surface area contributed by atoms with E-state index in [-0.39, 0.29) is 11.9 Å². The minimum Gasteiger partial charge on any atom is -0.444 e. The van der Waals surface area contributed by atoms with Crippen molar-refractivity contribution in [1.82, 2.24) is 9.80 Å². The number of amides is 4. The molecule has 4 amide bonds. The van der Waals surface area contributed by atoms with Crippen LogP contribution in [0.25, 0.3) is 0 Å². The second-order valence-electron chi connectivity index (χ2n) is 12.8. The predicted molar refractivity (Wildman–Crippen MR) is 183 cm³/mol. The van der Waals surface area contributed by atoms with E-state index in [1.54, 1.807) is 57.2 Å². The monoisotopic (exact) mass is 629 g/mol. The number of carbonyl (C=O) groups excluding carboxylic acids is 3. The summed E-state index contributed by atoms with van der Waals surface area (Å²) in [4.78, 5) is 43.1. The lowest BCUT2D eigenvalue weighted by molar-refractivity contribution is 0.0365. The van der Waals surface area contributed by atoms with Crippen molar-refractivity contribution in [2.24, 2.45) is 0 Å². The minimum absolute atomic E-state index is 0.171. The number of benzene rings is 3. The van der Waals surface area contributed by atoms with Gasteiger partial charge < -0.3 is 25.0 Å². The fourth-order valence-corrected chi connectivity index (χ4v) is 5.01. The van der Waals surface area contributed by atoms with Gasteiger partial charge in [0.2, 0.25) is 0 Å². The van der Waals surface area contributed by atoms with Crippen LogP contribution in [0.1, 0.15) is 68.4 Å². The Labute approximate surface area is 272 Å². The number of anilines is 3. The summed E-state index contributed by atoms with van der Waals surface area (Å²) in [6.45, 7) is 14.8. The molecule has 10 heteroatoms. The van der Waals surface area contributed by atoms with E-state index in [1.807, 2.05) is 41.3 Å². The SMILES string of the molecule is CC(C)c1ccc(NC(=O)N(CCCN2CCOCC2)Cc2ccc(C(=O)Nc3ccccc3NC(=O)OC(C)(C)C)cc2)cc1. The van der Waals surface area contributed by atoms with Crippen molar-refractivity contribution < 1.29 is 23.9 Å². The molecule has 246 valence electrons. The van der Waals surface area contributed by atoms with Gasteiger partial charge in [-0.05, 0) is 80.6 Å². The highest BCUT2D eigenvalue weighted by Gasteiger charge is 2.19. The first-order valence-electron chi connectivity index (χ1n) is 15.9. The van der Waals surface area contributed by atoms with Crippen molar-refractivity contribution in [3.8, 4) is 0 Å². The average Bonchev–Trinajstić information content (AvgIpc) is 3.01. The van der Waals surface area contributed by atoms with Crippen LogP contribution in [0.2, 0.25) is 0 Å². The summed E-state index contributed by atoms with van der Waals surface area (Å²) >= 11 is 0. The Morgan fingerprint density at radius 3 is 2.11 bits per heavy atom. The molecule has 46 heavy (non-hydrogen) atoms. The van der Waals surface area contributed by atoms with Crippen molar-refractivity contribution in [1.29, 1.82) is 0 Å². The number of urea groups is 1. The molecular formula is C36H47N5O5. The number of nitrogens with zero attached hydrogens (tertiary/aromatic N) is 2. The molecule has 0 aliphatic carbocycles. The van der Waals surface area contributed by atoms with Gasteiger partial charge in [0.15, 0.2) is 0 Å². The summed E-state index contributed by atoms with van der Waals surface area (Å²) in [5.41, 5.74) is 3.55. The van der Waals surface area contributed by atoms with Crippen molar-refractivity contribution in [2.75, 3.05) is 55.3 Å². The Kier molecular flexibility index (Phi) is 12.2. The highest BCUT2D eigenvalue weighted by molar-refractivity contribution is 6.06. The standard InChI is InChI=1S/C36H47N5O5/c1-26(2)28-15-17-30(18-16-28)37-34(43)41(20-8-19-40-21-23-45-24-22-40)25-27-11-13-29(14-12-27)33(42)38-31-9-6-7-10-32(31)39-35(44)46-36(3,4)5/h6-7,9-18,26H,8,19-25H2,1-5H3,(H,37,43)(H,38,42)(H,39,44). The second-order valence-corrected chi connectivity index (χ2v) is 12.8. The van der Waals surface area contributed by atoms with Crippen molar-refractivity contribution >= 4 is 35.1 Å². The molecule has 3 aromatic rings. The molecular weight excluding hydrogens is 582 g/mol. The zero-order valence-corrected chi connectivity index (χ0v) is 27.6. The summed E-state index contributed by atoms with van der Waals surface area (Å²) in [5.74, 6) is 0.0880. The Balaban J connectivity index is 1.40. The van der Waals surface area contributed by atoms with Gasteiger partial charge in [0.1, 0.15) is 5.60 Å². The maximum atomic E-state index is 13.5. The van der Waals surface area contributed by atoms with Gasteiger partial charge in [0.25, 0.3) is 5.91 Å². The third-order valence-electron chi connectivity index (χ3n) is 7.52. The molecule has 0 atom stereocenters. The number of morpholine rings is 1. The van der Waals surface area contributed by atoms with E-state index in [2.05, 4.69) is 34.7 Å². The van der Waals surface area contributed by atoms with E-state index >= 15 is 0 Å². The van der Waals surface area contributed by atoms with Crippen molar-refractivity contribution in [3.63, 3.8) is 0 Å². The number of hydrogen-bond acceptors (Lipinski definition) is 6. The van der Waals surface area contributed by atoms with E-state index in [0.29, 0.717) is 35.9 Å². The van der Waals surface area contributed by atoms with Crippen LogP contribution in [0.5, 0.6) is 0 Å². The first-order valence-corrected chi connectivity index (χ1v) is 15.9. The first kappa shape index (κ1) is 34.5. The quantitative estimate of drug-likeness (QED) is 0.207. The molecule has 1 heterocycles. The highest BCUT2D eigenvalue weighted by atomic mass is 16.6. The number of para-hydroxylation sites is 2. The molecule has 4 rings (SSSR count). The topological polar surface area (TPSA) is 112 Å². The van der Waals surface area contributed by atoms with E-state index in [0.717, 1.165) is 50.5 Å². The smallest absolute Gasteiger partial charge is 0.412 e. The molecule has 1 aliphatic rings. The Bertz CT molecular complexity index is 1440. The molecule has 0 saturated carbocycles. The van der Waals surface area contributed by atoms with E-state index in [9.17, 15) is 14.4 Å². The summed E-state index contributed by atoms with van der Waals surface area (Å²) in [6.07, 6.45) is 0.223. The fourth-order valence-electron chi connectivity index (χ4n) is 5.01. The van der Waals surface area contributed by atoms with Gasteiger partial charge in [-0.1, -0.05) is 50.2 Å². The molecule has 0 unspecified atom stereocenters. The van der Waals surface area contributed by atoms with Crippen LogP contribution in [-0.4, -0.2) is 72.8 Å². The molecule has 0 spiro atoms. The van der Waals surface area contributed by atoms with E-state index in [1.165, 1.54) is 5.56 Å². The summed E-state index contributed by atoms with van der Waals surface area (Å²) in [7, 11) is 0. The summed E-state index contributed by atoms with van der Waals surface area (Å²) in [5, 5.41) is 8.63. The maximum absolute atomic E-state index is 13.5. The van der Waals surface area contributed by atoms with Crippen LogP contribution in [0.3, 0.4) is 0 Å². The van der Waals surface area contributed by atoms with Gasteiger partial charge in [-0.25, -0.2) is 9.59 Å². The Morgan fingerprint density at radius 2 is 1.50 bits per heavy atom. The van der Waals surface area contributed by atoms with Crippen LogP contribution < -0.4 is 16.0 Å². The van der Waals surface area contributed by atoms with Gasteiger partial charge >= 0.3 is 12.1 Å². The fraction of sp³-hybridized carbons (Fsp3) is 0.417. The van der Waals surface area contributed by atoms with E-state index in [4.69, 9.17) is 9.47 Å². The molecule has 1 fully saturated rings. The maximum Gasteiger partial charge on any atom is 0.412 e. The zero-order chi connectivity index (χ0) is 33.1. The molecule has 1 aliphatic heterocycles. The van der Waals surface area contributed by atoms with Crippen LogP contribution >= 0.6 is 0 Å².